The molecule has 1 aliphatic heterocycles. The van der Waals surface area contributed by atoms with Gasteiger partial charge in [-0.3, -0.25) is 4.79 Å². The number of fused-ring (bicyclic) bond motifs is 1. The summed E-state index contributed by atoms with van der Waals surface area (Å²) in [5.74, 6) is 0.913. The average Bonchev–Trinajstić information content (AvgIpc) is 3.03. The zero-order valence-electron chi connectivity index (χ0n) is 15.6. The third-order valence-electron chi connectivity index (χ3n) is 5.14. The lowest BCUT2D eigenvalue weighted by Crippen LogP contribution is -2.34. The Hall–Kier alpha value is -2.95. The van der Waals surface area contributed by atoms with Crippen molar-refractivity contribution in [2.75, 3.05) is 18.4 Å². The van der Waals surface area contributed by atoms with E-state index in [9.17, 15) is 4.79 Å². The van der Waals surface area contributed by atoms with Gasteiger partial charge in [-0.2, -0.15) is 0 Å². The number of hydrogen-bond acceptors (Lipinski definition) is 4. The van der Waals surface area contributed by atoms with Gasteiger partial charge in [0.15, 0.2) is 0 Å². The quantitative estimate of drug-likeness (QED) is 0.730. The zero-order chi connectivity index (χ0) is 18.6. The molecule has 138 valence electrons. The second kappa shape index (κ2) is 7.74. The van der Waals surface area contributed by atoms with Gasteiger partial charge in [0.05, 0.1) is 5.52 Å². The number of nitrogens with zero attached hydrogens (tertiary/aromatic N) is 3. The van der Waals surface area contributed by atoms with Gasteiger partial charge in [-0.1, -0.05) is 42.0 Å². The highest BCUT2D eigenvalue weighted by atomic mass is 16.2. The van der Waals surface area contributed by atoms with Gasteiger partial charge >= 0.3 is 0 Å². The topological polar surface area (TPSA) is 58.1 Å². The molecule has 1 fully saturated rings. The Morgan fingerprint density at radius 2 is 2.00 bits per heavy atom. The Morgan fingerprint density at radius 1 is 1.15 bits per heavy atom. The number of carbonyl (C=O) groups is 1. The van der Waals surface area contributed by atoms with Crippen molar-refractivity contribution in [3.63, 3.8) is 0 Å². The van der Waals surface area contributed by atoms with E-state index >= 15 is 0 Å². The lowest BCUT2D eigenvalue weighted by atomic mass is 10.1. The van der Waals surface area contributed by atoms with E-state index in [4.69, 9.17) is 0 Å². The van der Waals surface area contributed by atoms with Crippen LogP contribution >= 0.6 is 0 Å². The smallest absolute Gasteiger partial charge is 0.245 e. The molecule has 3 aromatic rings. The molecule has 1 unspecified atom stereocenters. The first-order valence-corrected chi connectivity index (χ1v) is 9.51. The molecule has 1 aliphatic rings. The fourth-order valence-corrected chi connectivity index (χ4v) is 3.66. The largest absolute Gasteiger partial charge is 0.358 e. The van der Waals surface area contributed by atoms with Crippen LogP contribution in [0.15, 0.2) is 54.9 Å². The number of amides is 1. The van der Waals surface area contributed by atoms with Crippen LogP contribution in [0.25, 0.3) is 10.9 Å². The molecule has 1 aromatic heterocycles. The van der Waals surface area contributed by atoms with Crippen LogP contribution in [0.3, 0.4) is 0 Å². The number of anilines is 1. The fourth-order valence-electron chi connectivity index (χ4n) is 3.66. The van der Waals surface area contributed by atoms with Crippen molar-refractivity contribution in [2.24, 2.45) is 0 Å². The Kier molecular flexibility index (Phi) is 5.01. The third-order valence-corrected chi connectivity index (χ3v) is 5.14. The summed E-state index contributed by atoms with van der Waals surface area (Å²) in [4.78, 5) is 23.4. The number of nitrogens with one attached hydrogen (secondary N) is 1. The predicted octanol–water partition coefficient (Wildman–Crippen LogP) is 3.58. The van der Waals surface area contributed by atoms with E-state index in [0.717, 1.165) is 54.6 Å². The van der Waals surface area contributed by atoms with Crippen molar-refractivity contribution >= 4 is 22.6 Å². The number of rotatable bonds is 6. The number of likely N-dealkylation sites (tertiary alicyclic amines) is 1. The van der Waals surface area contributed by atoms with Crippen molar-refractivity contribution in [2.45, 2.75) is 32.2 Å². The number of benzene rings is 2. The Labute approximate surface area is 159 Å². The molecular formula is C22H24N4O. The fraction of sp³-hybridized carbons (Fsp3) is 0.318. The number of aromatic nitrogens is 2. The molecule has 5 nitrogen and oxygen atoms in total. The van der Waals surface area contributed by atoms with E-state index in [-0.39, 0.29) is 11.9 Å². The zero-order valence-corrected chi connectivity index (χ0v) is 15.6. The van der Waals surface area contributed by atoms with E-state index in [1.54, 1.807) is 6.33 Å². The Bertz CT molecular complexity index is 941. The SMILES string of the molecule is Cc1ccc2ncnc(NC3CCN(CCCc4ccccc4)C3=O)c2c1. The summed E-state index contributed by atoms with van der Waals surface area (Å²) in [6.07, 6.45) is 4.34. The van der Waals surface area contributed by atoms with Crippen LogP contribution in [-0.2, 0) is 11.2 Å². The first kappa shape index (κ1) is 17.5. The monoisotopic (exact) mass is 360 g/mol. The predicted molar refractivity (Wildman–Crippen MR) is 108 cm³/mol. The summed E-state index contributed by atoms with van der Waals surface area (Å²) >= 11 is 0. The third kappa shape index (κ3) is 3.92. The number of carbonyl (C=O) groups excluding carboxylic acids is 1. The average molecular weight is 360 g/mol. The Balaban J connectivity index is 1.38. The van der Waals surface area contributed by atoms with Gasteiger partial charge in [0.2, 0.25) is 5.91 Å². The van der Waals surface area contributed by atoms with Gasteiger partial charge in [0, 0.05) is 18.5 Å². The molecular weight excluding hydrogens is 336 g/mol. The summed E-state index contributed by atoms with van der Waals surface area (Å²) in [5, 5.41) is 4.32. The van der Waals surface area contributed by atoms with Crippen LogP contribution in [0, 0.1) is 6.92 Å². The van der Waals surface area contributed by atoms with Crippen LogP contribution in [0.2, 0.25) is 0 Å². The highest BCUT2D eigenvalue weighted by Crippen LogP contribution is 2.23. The molecule has 5 heteroatoms. The molecule has 1 atom stereocenters. The highest BCUT2D eigenvalue weighted by molar-refractivity contribution is 5.93. The minimum absolute atomic E-state index is 0.169. The van der Waals surface area contributed by atoms with Gasteiger partial charge in [0.25, 0.3) is 0 Å². The van der Waals surface area contributed by atoms with E-state index in [2.05, 4.69) is 45.6 Å². The standard InChI is InChI=1S/C22H24N4O/c1-16-9-10-19-18(14-16)21(24-15-23-19)25-20-11-13-26(22(20)27)12-5-8-17-6-3-2-4-7-17/h2-4,6-7,9-10,14-15,20H,5,8,11-13H2,1H3,(H,23,24,25). The number of hydrogen-bond donors (Lipinski definition) is 1. The molecule has 0 bridgehead atoms. The van der Waals surface area contributed by atoms with Crippen molar-refractivity contribution in [3.8, 4) is 0 Å². The van der Waals surface area contributed by atoms with Gasteiger partial charge in [-0.05, 0) is 43.9 Å². The number of aryl methyl sites for hydroxylation is 2. The van der Waals surface area contributed by atoms with E-state index in [1.807, 2.05) is 30.0 Å². The van der Waals surface area contributed by atoms with Gasteiger partial charge in [-0.25, -0.2) is 9.97 Å². The summed E-state index contributed by atoms with van der Waals surface area (Å²) in [6, 6.07) is 16.3. The summed E-state index contributed by atoms with van der Waals surface area (Å²) < 4.78 is 0. The van der Waals surface area contributed by atoms with Crippen molar-refractivity contribution in [1.82, 2.24) is 14.9 Å². The minimum Gasteiger partial charge on any atom is -0.358 e. The van der Waals surface area contributed by atoms with Crippen LogP contribution in [0.1, 0.15) is 24.0 Å². The van der Waals surface area contributed by atoms with E-state index < -0.39 is 0 Å². The second-order valence-electron chi connectivity index (χ2n) is 7.14. The lowest BCUT2D eigenvalue weighted by Gasteiger charge is -2.18. The first-order chi connectivity index (χ1) is 13.2. The van der Waals surface area contributed by atoms with Crippen LogP contribution in [0.4, 0.5) is 5.82 Å². The molecule has 1 N–H and O–H groups in total. The summed E-state index contributed by atoms with van der Waals surface area (Å²) in [7, 11) is 0. The maximum atomic E-state index is 12.8. The molecule has 2 aromatic carbocycles. The molecule has 4 rings (SSSR count). The van der Waals surface area contributed by atoms with Crippen molar-refractivity contribution in [1.29, 1.82) is 0 Å². The maximum Gasteiger partial charge on any atom is 0.245 e. The first-order valence-electron chi connectivity index (χ1n) is 9.51. The molecule has 0 spiro atoms. The van der Waals surface area contributed by atoms with Crippen LogP contribution in [-0.4, -0.2) is 39.9 Å². The van der Waals surface area contributed by atoms with Gasteiger partial charge in [0.1, 0.15) is 18.2 Å². The Morgan fingerprint density at radius 3 is 2.85 bits per heavy atom. The molecule has 1 saturated heterocycles. The summed E-state index contributed by atoms with van der Waals surface area (Å²) in [6.45, 7) is 3.65. The van der Waals surface area contributed by atoms with E-state index in [1.165, 1.54) is 5.56 Å². The summed E-state index contributed by atoms with van der Waals surface area (Å²) in [5.41, 5.74) is 3.37. The molecule has 0 aliphatic carbocycles. The minimum atomic E-state index is -0.208. The molecule has 0 radical (unpaired) electrons. The lowest BCUT2D eigenvalue weighted by molar-refractivity contribution is -0.128. The molecule has 1 amide bonds. The molecule has 2 heterocycles. The van der Waals surface area contributed by atoms with Gasteiger partial charge in [-0.15, -0.1) is 0 Å². The maximum absolute atomic E-state index is 12.8. The van der Waals surface area contributed by atoms with E-state index in [0.29, 0.717) is 0 Å². The normalized spacial score (nSPS) is 16.9. The second-order valence-corrected chi connectivity index (χ2v) is 7.14. The molecule has 0 saturated carbocycles. The highest BCUT2D eigenvalue weighted by Gasteiger charge is 2.31. The van der Waals surface area contributed by atoms with Crippen LogP contribution < -0.4 is 5.32 Å². The van der Waals surface area contributed by atoms with Crippen molar-refractivity contribution < 1.29 is 4.79 Å². The van der Waals surface area contributed by atoms with Gasteiger partial charge < -0.3 is 10.2 Å². The molecule has 27 heavy (non-hydrogen) atoms. The van der Waals surface area contributed by atoms with Crippen LogP contribution in [0.5, 0.6) is 0 Å². The van der Waals surface area contributed by atoms with Crippen molar-refractivity contribution in [3.05, 3.63) is 66.0 Å².